The number of anilines is 1. The standard InChI is InChI=1S/C17H26N2O3/c1-6-12(2)18-15(20)11-13-7-9-14(10-8-13)19-16(21)22-17(3,4)5/h7-10,12H,6,11H2,1-5H3,(H,18,20)(H,19,21). The van der Waals surface area contributed by atoms with Crippen molar-refractivity contribution in [2.45, 2.75) is 59.1 Å². The summed E-state index contributed by atoms with van der Waals surface area (Å²) in [6.07, 6.45) is 0.747. The number of carbonyl (C=O) groups is 2. The normalized spacial score (nSPS) is 12.4. The molecule has 0 spiro atoms. The van der Waals surface area contributed by atoms with E-state index in [-0.39, 0.29) is 11.9 Å². The average Bonchev–Trinajstić information content (AvgIpc) is 2.38. The molecule has 1 atom stereocenters. The number of hydrogen-bond donors (Lipinski definition) is 2. The van der Waals surface area contributed by atoms with Gasteiger partial charge >= 0.3 is 6.09 Å². The third-order valence-electron chi connectivity index (χ3n) is 2.98. The van der Waals surface area contributed by atoms with Crippen molar-refractivity contribution in [3.63, 3.8) is 0 Å². The molecular weight excluding hydrogens is 280 g/mol. The van der Waals surface area contributed by atoms with Crippen LogP contribution in [0.25, 0.3) is 0 Å². The summed E-state index contributed by atoms with van der Waals surface area (Å²) in [7, 11) is 0. The first-order valence-electron chi connectivity index (χ1n) is 7.58. The number of amides is 2. The first-order valence-corrected chi connectivity index (χ1v) is 7.58. The summed E-state index contributed by atoms with van der Waals surface area (Å²) in [6.45, 7) is 9.44. The second-order valence-corrected chi connectivity index (χ2v) is 6.38. The van der Waals surface area contributed by atoms with E-state index in [1.807, 2.05) is 46.8 Å². The van der Waals surface area contributed by atoms with Crippen molar-refractivity contribution >= 4 is 17.7 Å². The molecule has 0 aliphatic rings. The molecule has 5 heteroatoms. The molecular formula is C17H26N2O3. The van der Waals surface area contributed by atoms with Gasteiger partial charge in [0.2, 0.25) is 5.91 Å². The SMILES string of the molecule is CCC(C)NC(=O)Cc1ccc(NC(=O)OC(C)(C)C)cc1. The van der Waals surface area contributed by atoms with Gasteiger partial charge in [0.1, 0.15) is 5.60 Å². The van der Waals surface area contributed by atoms with E-state index in [4.69, 9.17) is 4.74 Å². The van der Waals surface area contributed by atoms with Gasteiger partial charge in [-0.2, -0.15) is 0 Å². The van der Waals surface area contributed by atoms with Gasteiger partial charge in [0.25, 0.3) is 0 Å². The second-order valence-electron chi connectivity index (χ2n) is 6.38. The highest BCUT2D eigenvalue weighted by atomic mass is 16.6. The van der Waals surface area contributed by atoms with Crippen LogP contribution in [0.3, 0.4) is 0 Å². The summed E-state index contributed by atoms with van der Waals surface area (Å²) in [6, 6.07) is 7.35. The molecule has 1 aromatic carbocycles. The minimum absolute atomic E-state index is 0.00204. The summed E-state index contributed by atoms with van der Waals surface area (Å²) in [5.74, 6) is 0.00204. The number of nitrogens with one attached hydrogen (secondary N) is 2. The molecule has 0 saturated heterocycles. The molecule has 1 unspecified atom stereocenters. The zero-order valence-corrected chi connectivity index (χ0v) is 14.0. The van der Waals surface area contributed by atoms with E-state index in [1.54, 1.807) is 12.1 Å². The van der Waals surface area contributed by atoms with Crippen LogP contribution < -0.4 is 10.6 Å². The van der Waals surface area contributed by atoms with Crippen LogP contribution >= 0.6 is 0 Å². The lowest BCUT2D eigenvalue weighted by atomic mass is 10.1. The third kappa shape index (κ3) is 7.11. The summed E-state index contributed by atoms with van der Waals surface area (Å²) in [4.78, 5) is 23.4. The second kappa shape index (κ2) is 7.82. The molecule has 0 fully saturated rings. The Bertz CT molecular complexity index is 504. The number of hydrogen-bond acceptors (Lipinski definition) is 3. The Labute approximate surface area is 132 Å². The highest BCUT2D eigenvalue weighted by Crippen LogP contribution is 2.13. The van der Waals surface area contributed by atoms with Crippen LogP contribution in [-0.2, 0) is 16.0 Å². The summed E-state index contributed by atoms with van der Waals surface area (Å²) >= 11 is 0. The molecule has 0 bridgehead atoms. The van der Waals surface area contributed by atoms with E-state index >= 15 is 0 Å². The molecule has 0 aromatic heterocycles. The zero-order chi connectivity index (χ0) is 16.8. The number of ether oxygens (including phenoxy) is 1. The van der Waals surface area contributed by atoms with Gasteiger partial charge in [0, 0.05) is 11.7 Å². The quantitative estimate of drug-likeness (QED) is 0.875. The average molecular weight is 306 g/mol. The molecule has 1 rings (SSSR count). The lowest BCUT2D eigenvalue weighted by molar-refractivity contribution is -0.121. The van der Waals surface area contributed by atoms with E-state index in [1.165, 1.54) is 0 Å². The summed E-state index contributed by atoms with van der Waals surface area (Å²) in [5, 5.41) is 5.58. The smallest absolute Gasteiger partial charge is 0.412 e. The lowest BCUT2D eigenvalue weighted by Gasteiger charge is -2.19. The van der Waals surface area contributed by atoms with Crippen molar-refractivity contribution in [1.29, 1.82) is 0 Å². The number of carbonyl (C=O) groups excluding carboxylic acids is 2. The Morgan fingerprint density at radius 2 is 1.77 bits per heavy atom. The van der Waals surface area contributed by atoms with Crippen LogP contribution in [0.2, 0.25) is 0 Å². The largest absolute Gasteiger partial charge is 0.444 e. The van der Waals surface area contributed by atoms with Crippen molar-refractivity contribution in [1.82, 2.24) is 5.32 Å². The number of benzene rings is 1. The maximum Gasteiger partial charge on any atom is 0.412 e. The van der Waals surface area contributed by atoms with Gasteiger partial charge in [-0.1, -0.05) is 19.1 Å². The molecule has 0 radical (unpaired) electrons. The maximum atomic E-state index is 11.8. The van der Waals surface area contributed by atoms with E-state index in [0.29, 0.717) is 12.1 Å². The van der Waals surface area contributed by atoms with Crippen molar-refractivity contribution in [3.8, 4) is 0 Å². The molecule has 122 valence electrons. The van der Waals surface area contributed by atoms with Crippen molar-refractivity contribution in [2.75, 3.05) is 5.32 Å². The Balaban J connectivity index is 2.53. The van der Waals surface area contributed by atoms with Crippen molar-refractivity contribution < 1.29 is 14.3 Å². The maximum absolute atomic E-state index is 11.8. The van der Waals surface area contributed by atoms with Crippen LogP contribution in [0.1, 0.15) is 46.6 Å². The summed E-state index contributed by atoms with van der Waals surface area (Å²) < 4.78 is 5.18. The highest BCUT2D eigenvalue weighted by molar-refractivity contribution is 5.85. The minimum atomic E-state index is -0.530. The molecule has 5 nitrogen and oxygen atoms in total. The van der Waals surface area contributed by atoms with Crippen LogP contribution in [0, 0.1) is 0 Å². The van der Waals surface area contributed by atoms with E-state index in [2.05, 4.69) is 10.6 Å². The number of rotatable bonds is 5. The van der Waals surface area contributed by atoms with Crippen LogP contribution in [0.4, 0.5) is 10.5 Å². The van der Waals surface area contributed by atoms with Gasteiger partial charge in [-0.25, -0.2) is 4.79 Å². The monoisotopic (exact) mass is 306 g/mol. The van der Waals surface area contributed by atoms with Crippen LogP contribution in [0.5, 0.6) is 0 Å². The van der Waals surface area contributed by atoms with Gasteiger partial charge < -0.3 is 10.1 Å². The van der Waals surface area contributed by atoms with E-state index in [9.17, 15) is 9.59 Å². The Hall–Kier alpha value is -2.04. The third-order valence-corrected chi connectivity index (χ3v) is 2.98. The van der Waals surface area contributed by atoms with Gasteiger partial charge in [0.05, 0.1) is 6.42 Å². The predicted molar refractivity (Wildman–Crippen MR) is 87.9 cm³/mol. The van der Waals surface area contributed by atoms with Crippen LogP contribution in [-0.4, -0.2) is 23.6 Å². The molecule has 0 heterocycles. The molecule has 0 aliphatic carbocycles. The van der Waals surface area contributed by atoms with Crippen molar-refractivity contribution in [3.05, 3.63) is 29.8 Å². The molecule has 0 aliphatic heterocycles. The summed E-state index contributed by atoms with van der Waals surface area (Å²) in [5.41, 5.74) is 1.01. The Kier molecular flexibility index (Phi) is 6.40. The highest BCUT2D eigenvalue weighted by Gasteiger charge is 2.16. The molecule has 22 heavy (non-hydrogen) atoms. The Morgan fingerprint density at radius 3 is 2.27 bits per heavy atom. The van der Waals surface area contributed by atoms with Gasteiger partial charge in [-0.15, -0.1) is 0 Å². The lowest BCUT2D eigenvalue weighted by Crippen LogP contribution is -2.33. The first kappa shape index (κ1) is 18.0. The predicted octanol–water partition coefficient (Wildman–Crippen LogP) is 3.49. The van der Waals surface area contributed by atoms with Gasteiger partial charge in [0.15, 0.2) is 0 Å². The molecule has 0 saturated carbocycles. The van der Waals surface area contributed by atoms with Gasteiger partial charge in [-0.3, -0.25) is 10.1 Å². The first-order chi connectivity index (χ1) is 10.2. The Morgan fingerprint density at radius 1 is 1.18 bits per heavy atom. The fourth-order valence-electron chi connectivity index (χ4n) is 1.74. The van der Waals surface area contributed by atoms with Crippen molar-refractivity contribution in [2.24, 2.45) is 0 Å². The zero-order valence-electron chi connectivity index (χ0n) is 14.0. The fraction of sp³-hybridized carbons (Fsp3) is 0.529. The topological polar surface area (TPSA) is 67.4 Å². The molecule has 2 N–H and O–H groups in total. The van der Waals surface area contributed by atoms with E-state index < -0.39 is 11.7 Å². The van der Waals surface area contributed by atoms with Crippen LogP contribution in [0.15, 0.2) is 24.3 Å². The fourth-order valence-corrected chi connectivity index (χ4v) is 1.74. The molecule has 2 amide bonds. The molecule has 1 aromatic rings. The minimum Gasteiger partial charge on any atom is -0.444 e. The van der Waals surface area contributed by atoms with Gasteiger partial charge in [-0.05, 0) is 51.8 Å². The van der Waals surface area contributed by atoms with E-state index in [0.717, 1.165) is 12.0 Å².